The van der Waals surface area contributed by atoms with Gasteiger partial charge >= 0.3 is 0 Å². The summed E-state index contributed by atoms with van der Waals surface area (Å²) in [5.41, 5.74) is 1.39. The number of carbonyl (C=O) groups excluding carboxylic acids is 1. The molecule has 1 heterocycles. The highest BCUT2D eigenvalue weighted by Gasteiger charge is 2.37. The number of nitrogens with zero attached hydrogens (tertiary/aromatic N) is 2. The molecule has 0 aromatic heterocycles. The van der Waals surface area contributed by atoms with E-state index in [1.54, 1.807) is 0 Å². The van der Waals surface area contributed by atoms with Crippen molar-refractivity contribution in [1.29, 1.82) is 0 Å². The van der Waals surface area contributed by atoms with Crippen LogP contribution in [-0.2, 0) is 4.79 Å². The van der Waals surface area contributed by atoms with E-state index in [9.17, 15) is 9.90 Å². The van der Waals surface area contributed by atoms with Crippen molar-refractivity contribution in [1.82, 2.24) is 5.01 Å². The summed E-state index contributed by atoms with van der Waals surface area (Å²) in [7, 11) is 0. The van der Waals surface area contributed by atoms with E-state index in [0.29, 0.717) is 17.0 Å². The van der Waals surface area contributed by atoms with Gasteiger partial charge in [-0.3, -0.25) is 4.79 Å². The fourth-order valence-corrected chi connectivity index (χ4v) is 2.80. The van der Waals surface area contributed by atoms with Crippen LogP contribution < -0.4 is 0 Å². The summed E-state index contributed by atoms with van der Waals surface area (Å²) in [4.78, 5) is 11.8. The number of hydrogen-bond acceptors (Lipinski definition) is 3. The molecule has 1 aliphatic rings. The molecule has 0 spiro atoms. The van der Waals surface area contributed by atoms with Crippen molar-refractivity contribution in [3.05, 3.63) is 63.6 Å². The fraction of sp³-hybridized carbons (Fsp3) is 0.125. The summed E-state index contributed by atoms with van der Waals surface area (Å²) in [5, 5.41) is 16.0. The number of benzene rings is 2. The van der Waals surface area contributed by atoms with Crippen LogP contribution in [0.5, 0.6) is 5.75 Å². The summed E-state index contributed by atoms with van der Waals surface area (Å²) >= 11 is 11.8. The van der Waals surface area contributed by atoms with Crippen LogP contribution in [0.2, 0.25) is 10.0 Å². The third kappa shape index (κ3) is 2.80. The predicted molar refractivity (Wildman–Crippen MR) is 86.4 cm³/mol. The summed E-state index contributed by atoms with van der Waals surface area (Å²) in [6.07, 6.45) is 1.81. The van der Waals surface area contributed by atoms with Crippen LogP contribution in [0.4, 0.5) is 0 Å². The van der Waals surface area contributed by atoms with E-state index in [4.69, 9.17) is 23.2 Å². The maximum atomic E-state index is 11.8. The smallest absolute Gasteiger partial charge is 0.245 e. The Balaban J connectivity index is 1.84. The van der Waals surface area contributed by atoms with Gasteiger partial charge in [0.2, 0.25) is 5.91 Å². The molecule has 1 unspecified atom stereocenters. The quantitative estimate of drug-likeness (QED) is 0.681. The number of hydrogen-bond donors (Lipinski definition) is 1. The molecule has 0 aliphatic carbocycles. The topological polar surface area (TPSA) is 52.9 Å². The van der Waals surface area contributed by atoms with Crippen LogP contribution in [-0.4, -0.2) is 22.2 Å². The van der Waals surface area contributed by atoms with Crippen molar-refractivity contribution in [3.8, 4) is 5.75 Å². The number of rotatable bonds is 3. The Kier molecular flexibility index (Phi) is 4.05. The normalized spacial score (nSPS) is 17.8. The van der Waals surface area contributed by atoms with E-state index in [1.165, 1.54) is 23.4 Å². The van der Waals surface area contributed by atoms with Crippen LogP contribution >= 0.6 is 23.2 Å². The lowest BCUT2D eigenvalue weighted by atomic mass is 9.96. The minimum Gasteiger partial charge on any atom is -0.506 e. The SMILES string of the molecule is O=C1CC(c2ccccc2)N1N=Cc1cc(Cl)cc(Cl)c1O. The van der Waals surface area contributed by atoms with Crippen molar-refractivity contribution < 1.29 is 9.90 Å². The number of carbonyl (C=O) groups is 1. The molecule has 22 heavy (non-hydrogen) atoms. The number of halogens is 2. The highest BCUT2D eigenvalue weighted by Crippen LogP contribution is 2.35. The zero-order valence-corrected chi connectivity index (χ0v) is 12.9. The third-order valence-electron chi connectivity index (χ3n) is 3.48. The second-order valence-corrected chi connectivity index (χ2v) is 5.78. The molecule has 0 bridgehead atoms. The third-order valence-corrected chi connectivity index (χ3v) is 3.99. The first-order valence-electron chi connectivity index (χ1n) is 6.65. The van der Waals surface area contributed by atoms with Gasteiger partial charge in [0.1, 0.15) is 5.75 Å². The molecule has 1 amide bonds. The standard InChI is InChI=1S/C16H12Cl2N2O2/c17-12-6-11(16(22)13(18)7-12)9-19-20-14(8-15(20)21)10-4-2-1-3-5-10/h1-7,9,14,22H,8H2. The zero-order chi connectivity index (χ0) is 15.7. The average Bonchev–Trinajstić information content (AvgIpc) is 2.50. The van der Waals surface area contributed by atoms with Crippen molar-refractivity contribution >= 4 is 35.3 Å². The molecule has 6 heteroatoms. The molecular formula is C16H12Cl2N2O2. The minimum absolute atomic E-state index is 0.0716. The molecule has 1 atom stereocenters. The number of β-lactam (4-membered cyclic amide) rings is 1. The summed E-state index contributed by atoms with van der Waals surface area (Å²) in [6.45, 7) is 0. The van der Waals surface area contributed by atoms with Gasteiger partial charge in [0, 0.05) is 10.6 Å². The Labute approximate surface area is 137 Å². The molecule has 0 saturated carbocycles. The molecule has 1 fully saturated rings. The summed E-state index contributed by atoms with van der Waals surface area (Å²) in [6, 6.07) is 12.6. The maximum absolute atomic E-state index is 11.8. The molecule has 1 saturated heterocycles. The Bertz CT molecular complexity index is 747. The first kappa shape index (κ1) is 14.9. The second kappa shape index (κ2) is 5.99. The van der Waals surface area contributed by atoms with Gasteiger partial charge in [0.15, 0.2) is 0 Å². The molecule has 1 N–H and O–H groups in total. The Morgan fingerprint density at radius 1 is 1.23 bits per heavy atom. The Hall–Kier alpha value is -2.04. The summed E-state index contributed by atoms with van der Waals surface area (Å²) < 4.78 is 0. The van der Waals surface area contributed by atoms with Gasteiger partial charge in [0.25, 0.3) is 0 Å². The van der Waals surface area contributed by atoms with Gasteiger partial charge in [-0.05, 0) is 17.7 Å². The van der Waals surface area contributed by atoms with E-state index >= 15 is 0 Å². The van der Waals surface area contributed by atoms with Gasteiger partial charge in [-0.2, -0.15) is 5.10 Å². The molecule has 2 aromatic rings. The molecule has 0 radical (unpaired) electrons. The van der Waals surface area contributed by atoms with Crippen molar-refractivity contribution in [2.45, 2.75) is 12.5 Å². The lowest BCUT2D eigenvalue weighted by molar-refractivity contribution is -0.146. The predicted octanol–water partition coefficient (Wildman–Crippen LogP) is 4.01. The van der Waals surface area contributed by atoms with E-state index in [-0.39, 0.29) is 22.7 Å². The van der Waals surface area contributed by atoms with Gasteiger partial charge in [-0.1, -0.05) is 53.5 Å². The first-order valence-corrected chi connectivity index (χ1v) is 7.41. The van der Waals surface area contributed by atoms with Crippen LogP contribution in [0.3, 0.4) is 0 Å². The van der Waals surface area contributed by atoms with E-state index in [0.717, 1.165) is 5.56 Å². The fourth-order valence-electron chi connectivity index (χ4n) is 2.29. The Morgan fingerprint density at radius 2 is 1.95 bits per heavy atom. The van der Waals surface area contributed by atoms with Gasteiger partial charge in [-0.15, -0.1) is 0 Å². The molecule has 1 aliphatic heterocycles. The Morgan fingerprint density at radius 3 is 2.64 bits per heavy atom. The monoisotopic (exact) mass is 334 g/mol. The number of amides is 1. The largest absolute Gasteiger partial charge is 0.506 e. The van der Waals surface area contributed by atoms with Crippen LogP contribution in [0.15, 0.2) is 47.6 Å². The highest BCUT2D eigenvalue weighted by atomic mass is 35.5. The number of aromatic hydroxyl groups is 1. The van der Waals surface area contributed by atoms with Crippen molar-refractivity contribution in [2.75, 3.05) is 0 Å². The zero-order valence-electron chi connectivity index (χ0n) is 11.4. The van der Waals surface area contributed by atoms with Gasteiger partial charge in [-0.25, -0.2) is 5.01 Å². The van der Waals surface area contributed by atoms with Crippen LogP contribution in [0, 0.1) is 0 Å². The molecule has 3 rings (SSSR count). The van der Waals surface area contributed by atoms with Crippen molar-refractivity contribution in [3.63, 3.8) is 0 Å². The highest BCUT2D eigenvalue weighted by molar-refractivity contribution is 6.36. The van der Waals surface area contributed by atoms with Crippen molar-refractivity contribution in [2.24, 2.45) is 5.10 Å². The lowest BCUT2D eigenvalue weighted by Crippen LogP contribution is -2.42. The minimum atomic E-state index is -0.112. The number of phenolic OH excluding ortho intramolecular Hbond substituents is 1. The van der Waals surface area contributed by atoms with E-state index in [2.05, 4.69) is 5.10 Å². The van der Waals surface area contributed by atoms with E-state index in [1.807, 2.05) is 30.3 Å². The molecule has 2 aromatic carbocycles. The lowest BCUT2D eigenvalue weighted by Gasteiger charge is -2.36. The molecule has 112 valence electrons. The maximum Gasteiger partial charge on any atom is 0.245 e. The summed E-state index contributed by atoms with van der Waals surface area (Å²) in [5.74, 6) is -0.184. The molecular weight excluding hydrogens is 323 g/mol. The number of phenols is 1. The van der Waals surface area contributed by atoms with Crippen LogP contribution in [0.1, 0.15) is 23.6 Å². The van der Waals surface area contributed by atoms with Crippen LogP contribution in [0.25, 0.3) is 0 Å². The second-order valence-electron chi connectivity index (χ2n) is 4.94. The van der Waals surface area contributed by atoms with Gasteiger partial charge < -0.3 is 5.11 Å². The van der Waals surface area contributed by atoms with Gasteiger partial charge in [0.05, 0.1) is 23.7 Å². The molecule has 4 nitrogen and oxygen atoms in total. The number of hydrazone groups is 1. The first-order chi connectivity index (χ1) is 10.6. The van der Waals surface area contributed by atoms with E-state index < -0.39 is 0 Å². The average molecular weight is 335 g/mol.